The fourth-order valence-corrected chi connectivity index (χ4v) is 3.58. The van der Waals surface area contributed by atoms with E-state index in [0.29, 0.717) is 51.1 Å². The van der Waals surface area contributed by atoms with Gasteiger partial charge in [0.2, 0.25) is 0 Å². The van der Waals surface area contributed by atoms with Gasteiger partial charge in [0.25, 0.3) is 5.56 Å². The molecule has 0 amide bonds. The highest BCUT2D eigenvalue weighted by molar-refractivity contribution is 9.10. The van der Waals surface area contributed by atoms with E-state index in [1.54, 1.807) is 24.3 Å². The van der Waals surface area contributed by atoms with Crippen LogP contribution in [0.15, 0.2) is 44.7 Å². The van der Waals surface area contributed by atoms with E-state index in [1.165, 1.54) is 10.9 Å². The van der Waals surface area contributed by atoms with Gasteiger partial charge in [-0.3, -0.25) is 4.79 Å². The van der Waals surface area contributed by atoms with Crippen LogP contribution in [0.3, 0.4) is 0 Å². The average molecular weight is 469 g/mol. The number of rotatable bonds is 5. The summed E-state index contributed by atoms with van der Waals surface area (Å²) >= 11 is 15.8. The van der Waals surface area contributed by atoms with Gasteiger partial charge in [-0.1, -0.05) is 46.1 Å². The second-order valence-corrected chi connectivity index (χ2v) is 7.38. The van der Waals surface area contributed by atoms with Crippen LogP contribution in [0, 0.1) is 0 Å². The third-order valence-electron chi connectivity index (χ3n) is 3.82. The Labute approximate surface area is 174 Å². The molecule has 5 nitrogen and oxygen atoms in total. The zero-order valence-electron chi connectivity index (χ0n) is 14.7. The molecule has 1 heterocycles. The summed E-state index contributed by atoms with van der Waals surface area (Å²) < 4.78 is 7.53. The van der Waals surface area contributed by atoms with Crippen molar-refractivity contribution in [1.29, 1.82) is 0 Å². The predicted molar refractivity (Wildman–Crippen MR) is 114 cm³/mol. The summed E-state index contributed by atoms with van der Waals surface area (Å²) in [7, 11) is 0. The van der Waals surface area contributed by atoms with Crippen LogP contribution >= 0.6 is 39.1 Å². The second-order valence-electron chi connectivity index (χ2n) is 5.65. The average Bonchev–Trinajstić information content (AvgIpc) is 2.64. The molecule has 0 saturated carbocycles. The van der Waals surface area contributed by atoms with Crippen molar-refractivity contribution in [2.75, 3.05) is 6.61 Å². The lowest BCUT2D eigenvalue weighted by atomic mass is 10.2. The molecule has 8 heteroatoms. The minimum absolute atomic E-state index is 0.238. The lowest BCUT2D eigenvalue weighted by molar-refractivity contribution is 0.340. The van der Waals surface area contributed by atoms with E-state index in [9.17, 15) is 4.79 Å². The largest absolute Gasteiger partial charge is 0.491 e. The van der Waals surface area contributed by atoms with Crippen molar-refractivity contribution in [2.24, 2.45) is 5.10 Å². The molecule has 1 aromatic heterocycles. The Hall–Kier alpha value is -1.89. The number of hydrogen-bond acceptors (Lipinski definition) is 4. The van der Waals surface area contributed by atoms with Gasteiger partial charge >= 0.3 is 0 Å². The molecule has 0 spiro atoms. The van der Waals surface area contributed by atoms with Crippen LogP contribution in [0.5, 0.6) is 5.75 Å². The number of hydrogen-bond donors (Lipinski definition) is 0. The number of aromatic nitrogens is 2. The van der Waals surface area contributed by atoms with Crippen LogP contribution in [0.1, 0.15) is 25.2 Å². The Kier molecular flexibility index (Phi) is 6.19. The molecule has 0 unspecified atom stereocenters. The molecule has 3 aromatic rings. The fourth-order valence-electron chi connectivity index (χ4n) is 2.60. The molecule has 140 valence electrons. The third kappa shape index (κ3) is 4.18. The van der Waals surface area contributed by atoms with Gasteiger partial charge in [-0.25, -0.2) is 4.98 Å². The summed E-state index contributed by atoms with van der Waals surface area (Å²) in [5, 5.41) is 5.58. The van der Waals surface area contributed by atoms with Crippen molar-refractivity contribution in [3.8, 4) is 5.75 Å². The van der Waals surface area contributed by atoms with Crippen molar-refractivity contribution in [3.05, 3.63) is 66.6 Å². The SMILES string of the molecule is CCOc1c(Cl)cc(C=Nn2c(CC)nc3ccc(Br)cc3c2=O)cc1Cl. The molecule has 0 fully saturated rings. The highest BCUT2D eigenvalue weighted by Crippen LogP contribution is 2.33. The summed E-state index contributed by atoms with van der Waals surface area (Å²) in [4.78, 5) is 17.4. The van der Waals surface area contributed by atoms with Crippen molar-refractivity contribution >= 4 is 56.2 Å². The first kappa shape index (κ1) is 19.9. The van der Waals surface area contributed by atoms with Crippen LogP contribution in [0.4, 0.5) is 0 Å². The molecule has 0 aliphatic carbocycles. The van der Waals surface area contributed by atoms with E-state index < -0.39 is 0 Å². The number of aryl methyl sites for hydroxylation is 1. The van der Waals surface area contributed by atoms with Gasteiger partial charge in [-0.15, -0.1) is 0 Å². The zero-order valence-corrected chi connectivity index (χ0v) is 17.8. The third-order valence-corrected chi connectivity index (χ3v) is 4.88. The molecule has 0 aliphatic rings. The Morgan fingerprint density at radius 3 is 2.56 bits per heavy atom. The summed E-state index contributed by atoms with van der Waals surface area (Å²) in [6.45, 7) is 4.23. The highest BCUT2D eigenvalue weighted by Gasteiger charge is 2.11. The lowest BCUT2D eigenvalue weighted by Gasteiger charge is -2.09. The molecular formula is C19H16BrCl2N3O2. The fraction of sp³-hybridized carbons (Fsp3) is 0.211. The van der Waals surface area contributed by atoms with E-state index in [0.717, 1.165) is 4.47 Å². The Morgan fingerprint density at radius 1 is 1.22 bits per heavy atom. The minimum Gasteiger partial charge on any atom is -0.491 e. The maximum absolute atomic E-state index is 12.9. The van der Waals surface area contributed by atoms with Gasteiger partial charge in [0.1, 0.15) is 5.82 Å². The zero-order chi connectivity index (χ0) is 19.6. The Balaban J connectivity index is 2.08. The van der Waals surface area contributed by atoms with Crippen molar-refractivity contribution < 1.29 is 4.74 Å². The van der Waals surface area contributed by atoms with E-state index in [-0.39, 0.29) is 5.56 Å². The van der Waals surface area contributed by atoms with E-state index >= 15 is 0 Å². The molecule has 2 aromatic carbocycles. The molecule has 0 N–H and O–H groups in total. The summed E-state index contributed by atoms with van der Waals surface area (Å²) in [5.74, 6) is 0.996. The van der Waals surface area contributed by atoms with Gasteiger partial charge in [-0.2, -0.15) is 9.78 Å². The number of halogens is 3. The van der Waals surface area contributed by atoms with Crippen molar-refractivity contribution in [2.45, 2.75) is 20.3 Å². The van der Waals surface area contributed by atoms with Gasteiger partial charge in [0, 0.05) is 10.9 Å². The smallest absolute Gasteiger partial charge is 0.282 e. The number of benzene rings is 2. The van der Waals surface area contributed by atoms with E-state index in [2.05, 4.69) is 26.0 Å². The molecular weight excluding hydrogens is 453 g/mol. The number of ether oxygens (including phenoxy) is 1. The van der Waals surface area contributed by atoms with Crippen LogP contribution in [0.25, 0.3) is 10.9 Å². The maximum atomic E-state index is 12.9. The monoisotopic (exact) mass is 467 g/mol. The summed E-state index contributed by atoms with van der Waals surface area (Å²) in [5.41, 5.74) is 1.05. The summed E-state index contributed by atoms with van der Waals surface area (Å²) in [6.07, 6.45) is 2.09. The van der Waals surface area contributed by atoms with Crippen molar-refractivity contribution in [3.63, 3.8) is 0 Å². The first-order valence-corrected chi connectivity index (χ1v) is 9.86. The van der Waals surface area contributed by atoms with Gasteiger partial charge in [0.15, 0.2) is 5.75 Å². The predicted octanol–water partition coefficient (Wildman–Crippen LogP) is 5.31. The van der Waals surface area contributed by atoms with Gasteiger partial charge in [0.05, 0.1) is 33.8 Å². The Bertz CT molecular complexity index is 1070. The Morgan fingerprint density at radius 2 is 1.93 bits per heavy atom. The first-order chi connectivity index (χ1) is 12.9. The molecule has 0 atom stereocenters. The quantitative estimate of drug-likeness (QED) is 0.477. The highest BCUT2D eigenvalue weighted by atomic mass is 79.9. The lowest BCUT2D eigenvalue weighted by Crippen LogP contribution is -2.22. The van der Waals surface area contributed by atoms with Crippen molar-refractivity contribution in [1.82, 2.24) is 9.66 Å². The van der Waals surface area contributed by atoms with Crippen LogP contribution in [-0.2, 0) is 6.42 Å². The van der Waals surface area contributed by atoms with Gasteiger partial charge < -0.3 is 4.74 Å². The molecule has 0 saturated heterocycles. The van der Waals surface area contributed by atoms with Gasteiger partial charge in [-0.05, 0) is 42.8 Å². The summed E-state index contributed by atoms with van der Waals surface area (Å²) in [6, 6.07) is 8.76. The molecule has 0 radical (unpaired) electrons. The topological polar surface area (TPSA) is 56.5 Å². The molecule has 0 bridgehead atoms. The number of nitrogens with zero attached hydrogens (tertiary/aromatic N) is 3. The maximum Gasteiger partial charge on any atom is 0.282 e. The molecule has 27 heavy (non-hydrogen) atoms. The van der Waals surface area contributed by atoms with Crippen LogP contribution in [0.2, 0.25) is 10.0 Å². The molecule has 3 rings (SSSR count). The second kappa shape index (κ2) is 8.42. The van der Waals surface area contributed by atoms with Crippen LogP contribution in [-0.4, -0.2) is 22.5 Å². The van der Waals surface area contributed by atoms with E-state index in [1.807, 2.05) is 19.9 Å². The minimum atomic E-state index is -0.238. The first-order valence-electron chi connectivity index (χ1n) is 8.32. The molecule has 0 aliphatic heterocycles. The standard InChI is InChI=1S/C19H16BrCl2N3O2/c1-3-17-24-16-6-5-12(20)9-13(16)19(26)25(17)23-10-11-7-14(21)18(27-4-2)15(22)8-11/h5-10H,3-4H2,1-2H3. The van der Waals surface area contributed by atoms with Crippen LogP contribution < -0.4 is 10.3 Å². The van der Waals surface area contributed by atoms with E-state index in [4.69, 9.17) is 27.9 Å². The number of fused-ring (bicyclic) bond motifs is 1. The normalized spacial score (nSPS) is 11.4.